The molecule has 7 nitrogen and oxygen atoms in total. The van der Waals surface area contributed by atoms with Crippen LogP contribution in [0.3, 0.4) is 0 Å². The lowest BCUT2D eigenvalue weighted by molar-refractivity contribution is -0.139. The molecule has 7 heteroatoms. The number of nitrogens with zero attached hydrogens (tertiary/aromatic N) is 2. The quantitative estimate of drug-likeness (QED) is 0.361. The predicted octanol–water partition coefficient (Wildman–Crippen LogP) is 3.45. The Morgan fingerprint density at radius 3 is 2.25 bits per heavy atom. The molecule has 2 saturated heterocycles. The van der Waals surface area contributed by atoms with Crippen LogP contribution in [0.2, 0.25) is 0 Å². The molecule has 0 radical (unpaired) electrons. The smallest absolute Gasteiger partial charge is 0.316 e. The lowest BCUT2D eigenvalue weighted by Gasteiger charge is -2.19. The molecule has 3 aromatic carbocycles. The van der Waals surface area contributed by atoms with Crippen LogP contribution in [0.5, 0.6) is 5.75 Å². The van der Waals surface area contributed by atoms with E-state index in [0.717, 1.165) is 21.4 Å². The molecule has 0 aliphatic carbocycles. The van der Waals surface area contributed by atoms with Crippen LogP contribution in [0, 0.1) is 5.92 Å². The van der Waals surface area contributed by atoms with Gasteiger partial charge in [0.05, 0.1) is 17.3 Å². The van der Waals surface area contributed by atoms with Crippen molar-refractivity contribution in [1.82, 2.24) is 0 Å². The largest absolute Gasteiger partial charge is 0.426 e. The molecule has 160 valence electrons. The zero-order chi connectivity index (χ0) is 22.2. The van der Waals surface area contributed by atoms with Crippen LogP contribution in [0.15, 0.2) is 66.7 Å². The summed E-state index contributed by atoms with van der Waals surface area (Å²) in [5, 5.41) is 1.98. The van der Waals surface area contributed by atoms with Gasteiger partial charge in [-0.15, -0.1) is 0 Å². The number of benzene rings is 3. The van der Waals surface area contributed by atoms with Gasteiger partial charge < -0.3 is 9.64 Å². The molecule has 5 rings (SSSR count). The van der Waals surface area contributed by atoms with Crippen molar-refractivity contribution in [1.29, 1.82) is 0 Å². The second-order valence-electron chi connectivity index (χ2n) is 7.94. The van der Waals surface area contributed by atoms with Gasteiger partial charge in [0.1, 0.15) is 5.75 Å². The Labute approximate surface area is 184 Å². The number of carbonyl (C=O) groups is 4. The van der Waals surface area contributed by atoms with Gasteiger partial charge in [-0.25, -0.2) is 0 Å². The molecule has 3 amide bonds. The first-order chi connectivity index (χ1) is 15.5. The van der Waals surface area contributed by atoms with Crippen molar-refractivity contribution in [2.45, 2.75) is 19.3 Å². The molecule has 0 aromatic heterocycles. The lowest BCUT2D eigenvalue weighted by atomic mass is 10.1. The van der Waals surface area contributed by atoms with Crippen LogP contribution >= 0.6 is 0 Å². The Morgan fingerprint density at radius 1 is 0.812 bits per heavy atom. The summed E-state index contributed by atoms with van der Waals surface area (Å²) in [6.45, 7) is 0.251. The summed E-state index contributed by atoms with van der Waals surface area (Å²) in [5.41, 5.74) is 1.24. The van der Waals surface area contributed by atoms with Gasteiger partial charge in [-0.3, -0.25) is 24.1 Å². The summed E-state index contributed by atoms with van der Waals surface area (Å²) in [6, 6.07) is 19.8. The van der Waals surface area contributed by atoms with Crippen LogP contribution in [-0.4, -0.2) is 30.2 Å². The van der Waals surface area contributed by atoms with E-state index < -0.39 is 11.9 Å². The average molecular weight is 428 g/mol. The van der Waals surface area contributed by atoms with Gasteiger partial charge in [-0.2, -0.15) is 0 Å². The topological polar surface area (TPSA) is 84.0 Å². The zero-order valence-corrected chi connectivity index (χ0v) is 17.2. The van der Waals surface area contributed by atoms with Gasteiger partial charge in [0.2, 0.25) is 17.7 Å². The molecule has 0 unspecified atom stereocenters. The van der Waals surface area contributed by atoms with Gasteiger partial charge in [0, 0.05) is 31.2 Å². The molecular weight excluding hydrogens is 408 g/mol. The number of carbonyl (C=O) groups excluding carboxylic acids is 4. The summed E-state index contributed by atoms with van der Waals surface area (Å²) >= 11 is 0. The van der Waals surface area contributed by atoms with Crippen LogP contribution in [-0.2, 0) is 19.2 Å². The first-order valence-electron chi connectivity index (χ1n) is 10.5. The summed E-state index contributed by atoms with van der Waals surface area (Å²) in [5.74, 6) is -1.36. The highest BCUT2D eigenvalue weighted by molar-refractivity contribution is 6.19. The van der Waals surface area contributed by atoms with E-state index in [4.69, 9.17) is 4.74 Å². The molecule has 2 fully saturated rings. The minimum Gasteiger partial charge on any atom is -0.426 e. The summed E-state index contributed by atoms with van der Waals surface area (Å²) in [7, 11) is 0. The van der Waals surface area contributed by atoms with Crippen LogP contribution in [0.1, 0.15) is 19.3 Å². The van der Waals surface area contributed by atoms with E-state index in [-0.39, 0.29) is 43.5 Å². The van der Waals surface area contributed by atoms with Gasteiger partial charge in [0.15, 0.2) is 0 Å². The van der Waals surface area contributed by atoms with E-state index in [1.165, 1.54) is 0 Å². The Balaban J connectivity index is 1.29. The van der Waals surface area contributed by atoms with Crippen LogP contribution < -0.4 is 14.5 Å². The van der Waals surface area contributed by atoms with E-state index in [2.05, 4.69) is 0 Å². The molecular formula is C25H20N2O5. The molecule has 3 aromatic rings. The van der Waals surface area contributed by atoms with E-state index >= 15 is 0 Å². The molecule has 1 atom stereocenters. The third kappa shape index (κ3) is 3.51. The van der Waals surface area contributed by atoms with Crippen molar-refractivity contribution in [2.24, 2.45) is 5.92 Å². The van der Waals surface area contributed by atoms with Gasteiger partial charge in [-0.05, 0) is 35.7 Å². The van der Waals surface area contributed by atoms with Crippen molar-refractivity contribution in [3.63, 3.8) is 0 Å². The minimum atomic E-state index is -0.581. The zero-order valence-electron chi connectivity index (χ0n) is 17.2. The van der Waals surface area contributed by atoms with Gasteiger partial charge in [-0.1, -0.05) is 36.4 Å². The Hall–Kier alpha value is -4.00. The summed E-state index contributed by atoms with van der Waals surface area (Å²) < 4.78 is 5.48. The molecule has 0 bridgehead atoms. The summed E-state index contributed by atoms with van der Waals surface area (Å²) in [4.78, 5) is 51.9. The first kappa shape index (κ1) is 19.9. The van der Waals surface area contributed by atoms with E-state index in [9.17, 15) is 19.2 Å². The maximum absolute atomic E-state index is 12.7. The SMILES string of the molecule is O=C(Oc1ccc(N2C(=O)CCC2=O)cc1)[C@@H]1CC(=O)N(c2cccc3ccccc23)C1. The molecule has 0 spiro atoms. The molecule has 32 heavy (non-hydrogen) atoms. The predicted molar refractivity (Wildman–Crippen MR) is 118 cm³/mol. The third-order valence-corrected chi connectivity index (χ3v) is 5.88. The van der Waals surface area contributed by atoms with Crippen molar-refractivity contribution in [3.05, 3.63) is 66.7 Å². The number of fused-ring (bicyclic) bond motifs is 1. The number of amides is 3. The maximum atomic E-state index is 12.7. The minimum absolute atomic E-state index is 0.0803. The molecule has 2 heterocycles. The van der Waals surface area contributed by atoms with E-state index in [0.29, 0.717) is 11.4 Å². The Morgan fingerprint density at radius 2 is 1.50 bits per heavy atom. The Bertz CT molecular complexity index is 1230. The van der Waals surface area contributed by atoms with Crippen molar-refractivity contribution < 1.29 is 23.9 Å². The molecule has 2 aliphatic heterocycles. The monoisotopic (exact) mass is 428 g/mol. The van der Waals surface area contributed by atoms with E-state index in [1.807, 2.05) is 42.5 Å². The van der Waals surface area contributed by atoms with Crippen LogP contribution in [0.25, 0.3) is 10.8 Å². The lowest BCUT2D eigenvalue weighted by Crippen LogP contribution is -2.28. The van der Waals surface area contributed by atoms with Gasteiger partial charge in [0.25, 0.3) is 0 Å². The number of rotatable bonds is 4. The number of hydrogen-bond donors (Lipinski definition) is 0. The second-order valence-corrected chi connectivity index (χ2v) is 7.94. The number of ether oxygens (including phenoxy) is 1. The highest BCUT2D eigenvalue weighted by Crippen LogP contribution is 2.32. The van der Waals surface area contributed by atoms with E-state index in [1.54, 1.807) is 29.2 Å². The standard InChI is InChI=1S/C25H20N2O5/c28-22-12-13-23(29)27(22)18-8-10-19(11-9-18)32-25(31)17-14-24(30)26(15-17)21-7-3-5-16-4-1-2-6-20(16)21/h1-11,17H,12-15H2/t17-/m1/s1. The van der Waals surface area contributed by atoms with Crippen LogP contribution in [0.4, 0.5) is 11.4 Å². The fraction of sp³-hybridized carbons (Fsp3) is 0.200. The maximum Gasteiger partial charge on any atom is 0.316 e. The molecule has 0 N–H and O–H groups in total. The third-order valence-electron chi connectivity index (χ3n) is 5.88. The second kappa shape index (κ2) is 7.92. The van der Waals surface area contributed by atoms with Gasteiger partial charge >= 0.3 is 5.97 Å². The highest BCUT2D eigenvalue weighted by atomic mass is 16.5. The fourth-order valence-electron chi connectivity index (χ4n) is 4.27. The first-order valence-corrected chi connectivity index (χ1v) is 10.5. The fourth-order valence-corrected chi connectivity index (χ4v) is 4.27. The van der Waals surface area contributed by atoms with Crippen molar-refractivity contribution in [2.75, 3.05) is 16.3 Å². The van der Waals surface area contributed by atoms with Crippen molar-refractivity contribution >= 4 is 45.8 Å². The molecule has 2 aliphatic rings. The average Bonchev–Trinajstić information content (AvgIpc) is 3.35. The van der Waals surface area contributed by atoms with Crippen molar-refractivity contribution in [3.8, 4) is 5.75 Å². The number of esters is 1. The highest BCUT2D eigenvalue weighted by Gasteiger charge is 2.37. The number of anilines is 2. The molecule has 0 saturated carbocycles. The number of imide groups is 1. The summed E-state index contributed by atoms with van der Waals surface area (Å²) in [6.07, 6.45) is 0.494. The Kier molecular flexibility index (Phi) is 4.93. The normalized spacial score (nSPS) is 18.6. The number of hydrogen-bond acceptors (Lipinski definition) is 5.